The van der Waals surface area contributed by atoms with Crippen molar-refractivity contribution in [2.24, 2.45) is 5.73 Å². The van der Waals surface area contributed by atoms with Gasteiger partial charge in [0.15, 0.2) is 0 Å². The van der Waals surface area contributed by atoms with Gasteiger partial charge >= 0.3 is 0 Å². The van der Waals surface area contributed by atoms with E-state index in [4.69, 9.17) is 10.5 Å². The van der Waals surface area contributed by atoms with E-state index in [1.807, 2.05) is 24.3 Å². The van der Waals surface area contributed by atoms with Gasteiger partial charge in [-0.25, -0.2) is 0 Å². The Labute approximate surface area is 125 Å². The molecule has 0 bridgehead atoms. The number of fused-ring (bicyclic) bond motifs is 1. The van der Waals surface area contributed by atoms with Crippen molar-refractivity contribution in [2.75, 3.05) is 7.11 Å². The molecule has 0 saturated heterocycles. The number of methoxy groups -OCH3 is 1. The second-order valence-electron chi connectivity index (χ2n) is 5.23. The van der Waals surface area contributed by atoms with Crippen molar-refractivity contribution >= 4 is 10.8 Å². The molecule has 3 aromatic rings. The molecule has 3 aromatic carbocycles. The number of rotatable bonds is 4. The Morgan fingerprint density at radius 1 is 0.952 bits per heavy atom. The van der Waals surface area contributed by atoms with Crippen molar-refractivity contribution in [3.05, 3.63) is 77.9 Å². The van der Waals surface area contributed by atoms with Crippen molar-refractivity contribution in [1.29, 1.82) is 0 Å². The average molecular weight is 277 g/mol. The molecule has 106 valence electrons. The van der Waals surface area contributed by atoms with E-state index in [2.05, 4.69) is 42.5 Å². The summed E-state index contributed by atoms with van der Waals surface area (Å²) in [5.41, 5.74) is 8.77. The Bertz CT molecular complexity index is 737. The number of nitrogens with two attached hydrogens (primary N) is 1. The molecule has 3 rings (SSSR count). The lowest BCUT2D eigenvalue weighted by atomic mass is 9.95. The topological polar surface area (TPSA) is 35.2 Å². The van der Waals surface area contributed by atoms with Gasteiger partial charge in [-0.3, -0.25) is 0 Å². The van der Waals surface area contributed by atoms with Crippen LogP contribution in [0.4, 0.5) is 0 Å². The number of hydrogen-bond donors (Lipinski definition) is 1. The van der Waals surface area contributed by atoms with E-state index in [-0.39, 0.29) is 6.04 Å². The zero-order chi connectivity index (χ0) is 14.7. The Morgan fingerprint density at radius 2 is 1.76 bits per heavy atom. The predicted octanol–water partition coefficient (Wildman–Crippen LogP) is 4.09. The molecule has 0 saturated carbocycles. The van der Waals surface area contributed by atoms with E-state index in [0.29, 0.717) is 0 Å². The van der Waals surface area contributed by atoms with Gasteiger partial charge in [-0.2, -0.15) is 0 Å². The Balaban J connectivity index is 1.96. The van der Waals surface area contributed by atoms with Gasteiger partial charge in [0, 0.05) is 6.04 Å². The molecule has 0 fully saturated rings. The van der Waals surface area contributed by atoms with Crippen molar-refractivity contribution in [3.8, 4) is 5.75 Å². The fourth-order valence-electron chi connectivity index (χ4n) is 2.68. The van der Waals surface area contributed by atoms with Gasteiger partial charge in [0.1, 0.15) is 5.75 Å². The Hall–Kier alpha value is -2.32. The third-order valence-electron chi connectivity index (χ3n) is 3.85. The van der Waals surface area contributed by atoms with Gasteiger partial charge in [-0.05, 0) is 40.5 Å². The monoisotopic (exact) mass is 277 g/mol. The molecule has 2 nitrogen and oxygen atoms in total. The second-order valence-corrected chi connectivity index (χ2v) is 5.23. The molecule has 0 aliphatic carbocycles. The van der Waals surface area contributed by atoms with Gasteiger partial charge in [-0.1, -0.05) is 54.6 Å². The van der Waals surface area contributed by atoms with Crippen LogP contribution >= 0.6 is 0 Å². The molecule has 1 atom stereocenters. The first kappa shape index (κ1) is 13.7. The van der Waals surface area contributed by atoms with Crippen LogP contribution in [0.3, 0.4) is 0 Å². The average Bonchev–Trinajstić information content (AvgIpc) is 2.55. The third-order valence-corrected chi connectivity index (χ3v) is 3.85. The molecule has 1 unspecified atom stereocenters. The Kier molecular flexibility index (Phi) is 3.89. The molecule has 21 heavy (non-hydrogen) atoms. The molecule has 0 heterocycles. The SMILES string of the molecule is COc1ccc2cccc(CC(N)c3ccccc3)c2c1. The van der Waals surface area contributed by atoms with Crippen LogP contribution in [0.1, 0.15) is 17.2 Å². The lowest BCUT2D eigenvalue weighted by molar-refractivity contribution is 0.415. The first-order valence-corrected chi connectivity index (χ1v) is 7.14. The van der Waals surface area contributed by atoms with Crippen LogP contribution in [0.2, 0.25) is 0 Å². The quantitative estimate of drug-likeness (QED) is 0.779. The zero-order valence-corrected chi connectivity index (χ0v) is 12.1. The van der Waals surface area contributed by atoms with Gasteiger partial charge in [-0.15, -0.1) is 0 Å². The first-order valence-electron chi connectivity index (χ1n) is 7.14. The first-order chi connectivity index (χ1) is 10.3. The summed E-state index contributed by atoms with van der Waals surface area (Å²) in [7, 11) is 1.69. The van der Waals surface area contributed by atoms with E-state index in [9.17, 15) is 0 Å². The fourth-order valence-corrected chi connectivity index (χ4v) is 2.68. The van der Waals surface area contributed by atoms with Gasteiger partial charge < -0.3 is 10.5 Å². The minimum atomic E-state index is 0.00278. The molecule has 0 amide bonds. The normalized spacial score (nSPS) is 12.3. The maximum Gasteiger partial charge on any atom is 0.119 e. The highest BCUT2D eigenvalue weighted by Crippen LogP contribution is 2.27. The molecule has 0 spiro atoms. The van der Waals surface area contributed by atoms with Crippen LogP contribution in [-0.4, -0.2) is 7.11 Å². The number of benzene rings is 3. The molecular weight excluding hydrogens is 258 g/mol. The van der Waals surface area contributed by atoms with Crippen LogP contribution in [0, 0.1) is 0 Å². The highest BCUT2D eigenvalue weighted by atomic mass is 16.5. The van der Waals surface area contributed by atoms with E-state index >= 15 is 0 Å². The number of hydrogen-bond acceptors (Lipinski definition) is 2. The standard InChI is InChI=1S/C19H19NO/c1-21-17-11-10-14-8-5-9-16(18(14)13-17)12-19(20)15-6-3-2-4-7-15/h2-11,13,19H,12,20H2,1H3. The molecule has 0 aromatic heterocycles. The molecule has 0 aliphatic heterocycles. The van der Waals surface area contributed by atoms with Crippen LogP contribution in [0.15, 0.2) is 66.7 Å². The van der Waals surface area contributed by atoms with Crippen LogP contribution < -0.4 is 10.5 Å². The van der Waals surface area contributed by atoms with E-state index in [0.717, 1.165) is 17.7 Å². The van der Waals surface area contributed by atoms with E-state index in [1.165, 1.54) is 16.3 Å². The minimum absolute atomic E-state index is 0.00278. The Morgan fingerprint density at radius 3 is 2.52 bits per heavy atom. The number of ether oxygens (including phenoxy) is 1. The van der Waals surface area contributed by atoms with Crippen LogP contribution in [0.25, 0.3) is 10.8 Å². The van der Waals surface area contributed by atoms with Crippen molar-refractivity contribution in [3.63, 3.8) is 0 Å². The van der Waals surface area contributed by atoms with Crippen LogP contribution in [-0.2, 0) is 6.42 Å². The summed E-state index contributed by atoms with van der Waals surface area (Å²) >= 11 is 0. The van der Waals surface area contributed by atoms with E-state index in [1.54, 1.807) is 7.11 Å². The summed E-state index contributed by atoms with van der Waals surface area (Å²) in [5.74, 6) is 0.878. The summed E-state index contributed by atoms with van der Waals surface area (Å²) in [6.07, 6.45) is 0.814. The zero-order valence-electron chi connectivity index (χ0n) is 12.1. The summed E-state index contributed by atoms with van der Waals surface area (Å²) in [5, 5.41) is 2.43. The molecule has 2 N–H and O–H groups in total. The van der Waals surface area contributed by atoms with Gasteiger partial charge in [0.2, 0.25) is 0 Å². The lowest BCUT2D eigenvalue weighted by Crippen LogP contribution is -2.13. The predicted molar refractivity (Wildman–Crippen MR) is 87.6 cm³/mol. The van der Waals surface area contributed by atoms with Crippen molar-refractivity contribution in [2.45, 2.75) is 12.5 Å². The maximum atomic E-state index is 6.36. The summed E-state index contributed by atoms with van der Waals surface area (Å²) in [4.78, 5) is 0. The molecule has 2 heteroatoms. The highest BCUT2D eigenvalue weighted by molar-refractivity contribution is 5.87. The molecule has 0 aliphatic rings. The maximum absolute atomic E-state index is 6.36. The minimum Gasteiger partial charge on any atom is -0.497 e. The largest absolute Gasteiger partial charge is 0.497 e. The smallest absolute Gasteiger partial charge is 0.119 e. The summed E-state index contributed by atoms with van der Waals surface area (Å²) in [6.45, 7) is 0. The van der Waals surface area contributed by atoms with E-state index < -0.39 is 0 Å². The molecule has 0 radical (unpaired) electrons. The second kappa shape index (κ2) is 5.98. The van der Waals surface area contributed by atoms with Crippen LogP contribution in [0.5, 0.6) is 5.75 Å². The summed E-state index contributed by atoms with van der Waals surface area (Å²) < 4.78 is 5.34. The van der Waals surface area contributed by atoms with Gasteiger partial charge in [0.05, 0.1) is 7.11 Å². The van der Waals surface area contributed by atoms with Gasteiger partial charge in [0.25, 0.3) is 0 Å². The highest BCUT2D eigenvalue weighted by Gasteiger charge is 2.09. The third kappa shape index (κ3) is 2.91. The summed E-state index contributed by atoms with van der Waals surface area (Å²) in [6, 6.07) is 22.7. The van der Waals surface area contributed by atoms with Crippen molar-refractivity contribution < 1.29 is 4.74 Å². The molecular formula is C19H19NO. The van der Waals surface area contributed by atoms with Crippen molar-refractivity contribution in [1.82, 2.24) is 0 Å². The lowest BCUT2D eigenvalue weighted by Gasteiger charge is -2.14. The fraction of sp³-hybridized carbons (Fsp3) is 0.158.